The van der Waals surface area contributed by atoms with Crippen LogP contribution in [-0.2, 0) is 72.1 Å². The molecule has 2 amide bonds. The zero-order chi connectivity index (χ0) is 60.9. The number of nitrogen functional groups attached to an aromatic ring is 1. The third-order valence-corrected chi connectivity index (χ3v) is 16.6. The number of carbonyl (C=O) groups excluding carboxylic acids is 5. The van der Waals surface area contributed by atoms with Crippen LogP contribution in [0.15, 0.2) is 218 Å². The summed E-state index contributed by atoms with van der Waals surface area (Å²) in [6.45, 7) is 2.31. The van der Waals surface area contributed by atoms with Crippen LogP contribution in [0.1, 0.15) is 97.9 Å². The van der Waals surface area contributed by atoms with Crippen LogP contribution in [-0.4, -0.2) is 61.6 Å². The molecule has 7 aromatic carbocycles. The van der Waals surface area contributed by atoms with Crippen molar-refractivity contribution in [3.05, 3.63) is 291 Å². The summed E-state index contributed by atoms with van der Waals surface area (Å²) in [4.78, 5) is 87.1. The number of ketones is 3. The van der Waals surface area contributed by atoms with E-state index in [0.717, 1.165) is 24.5 Å². The van der Waals surface area contributed by atoms with Crippen LogP contribution in [0.4, 0.5) is 10.2 Å². The maximum absolute atomic E-state index is 16.0. The molecule has 1 atom stereocenters. The first-order valence-electron chi connectivity index (χ1n) is 29.1. The maximum Gasteiger partial charge on any atom is 2.00 e. The molecule has 14 heteroatoms. The Kier molecular flexibility index (Phi) is 19.2. The van der Waals surface area contributed by atoms with Crippen molar-refractivity contribution >= 4 is 99.3 Å². The molecule has 0 bridgehead atoms. The van der Waals surface area contributed by atoms with Gasteiger partial charge in [0.1, 0.15) is 28.8 Å². The number of carbonyl (C=O) groups is 5. The van der Waals surface area contributed by atoms with Crippen LogP contribution < -0.4 is 5.73 Å². The van der Waals surface area contributed by atoms with Gasteiger partial charge in [0.25, 0.3) is 11.8 Å². The minimum atomic E-state index is -1.70. The molecule has 1 aliphatic carbocycles. The predicted octanol–water partition coefficient (Wildman–Crippen LogP) is 14.4. The number of rotatable bonds is 19. The maximum atomic E-state index is 16.0. The van der Waals surface area contributed by atoms with Crippen LogP contribution in [0, 0.1) is 22.6 Å². The van der Waals surface area contributed by atoms with Gasteiger partial charge in [0, 0.05) is 52.9 Å². The largest absolute Gasteiger partial charge is 2.00 e. The minimum absolute atomic E-state index is 0. The monoisotopic (exact) mass is 1370 g/mol. The smallest absolute Gasteiger partial charge is 0.383 e. The van der Waals surface area contributed by atoms with E-state index in [4.69, 9.17) is 10.7 Å². The van der Waals surface area contributed by atoms with Crippen molar-refractivity contribution in [2.24, 2.45) is 5.41 Å². The summed E-state index contributed by atoms with van der Waals surface area (Å²) in [7, 11) is 0. The van der Waals surface area contributed by atoms with E-state index < -0.39 is 41.2 Å². The number of nitriles is 1. The van der Waals surface area contributed by atoms with Crippen LogP contribution in [0.3, 0.4) is 0 Å². The molecule has 90 heavy (non-hydrogen) atoms. The molecule has 1 spiro atoms. The van der Waals surface area contributed by atoms with Crippen molar-refractivity contribution in [1.29, 1.82) is 5.26 Å². The Morgan fingerprint density at radius 2 is 1.04 bits per heavy atom. The minimum Gasteiger partial charge on any atom is -0.383 e. The Hall–Kier alpha value is -9.84. The second kappa shape index (κ2) is 27.3. The standard InChI is InChI=1S/C76H59FN6O5.2Pd/c1-75(40-41-75)50-81-43-42-76(74(81)88)62-36-35-57(77)47-58(62)73(87)82(76)49-64-69(60(45-55-28-16-6-17-29-55)66(85)38-33-52-22-10-3-11-23-52)70-71(83(64)63(46-56-30-18-7-19-31-56)67(86)39-34-53-24-12-4-13-25-53)61(48-78)68(72(79)80-70)59(44-54-26-14-5-15-27-54)65(84)37-32-51-20-8-2-9-21-51;;/h2-39,44-47H,40-43,49-50H2,1H3,(H2,79,80);;/q;2*+2/t76-;;/m0../s1. The number of benzene rings is 7. The van der Waals surface area contributed by atoms with E-state index >= 15 is 28.4 Å². The van der Waals surface area contributed by atoms with Crippen molar-refractivity contribution in [2.45, 2.75) is 38.3 Å². The molecule has 11 nitrogen and oxygen atoms in total. The summed E-state index contributed by atoms with van der Waals surface area (Å²) in [5, 5.41) is 12.2. The Bertz CT molecular complexity index is 4480. The zero-order valence-corrected chi connectivity index (χ0v) is 52.0. The van der Waals surface area contributed by atoms with Gasteiger partial charge in [-0.15, -0.1) is 0 Å². The molecule has 446 valence electrons. The van der Waals surface area contributed by atoms with Crippen molar-refractivity contribution in [3.63, 3.8) is 0 Å². The third-order valence-electron chi connectivity index (χ3n) is 16.6. The average Bonchev–Trinajstić information content (AvgIpc) is 1.54. The number of hydrogen-bond donors (Lipinski definition) is 1. The first-order chi connectivity index (χ1) is 42.8. The van der Waals surface area contributed by atoms with Gasteiger partial charge in [-0.25, -0.2) is 9.37 Å². The SMILES string of the molecule is CC1(CN2CC[C@@]3(C2=O)c2ccc(F)cc2C(=O)N3Cc2c(C(=Cc3ccccc3)C(=O)C=Cc3ccccc3)c3nc(N)c(C(=Cc4ccccc4)C(=O)C=Cc4ccccc4)c(C#N)c3n2C(=Cc2ccccc2)C(=O)C=Cc2ccccc2)CC1.[Pd+2].[Pd+2]. The van der Waals surface area contributed by atoms with Gasteiger partial charge < -0.3 is 20.1 Å². The number of hydrogen-bond acceptors (Lipinski definition) is 8. The number of aromatic nitrogens is 2. The summed E-state index contributed by atoms with van der Waals surface area (Å²) in [5.74, 6) is -3.64. The number of nitrogens with two attached hydrogens (primary N) is 1. The van der Waals surface area contributed by atoms with Crippen LogP contribution >= 0.6 is 0 Å². The van der Waals surface area contributed by atoms with Gasteiger partial charge in [0.15, 0.2) is 11.6 Å². The second-order valence-electron chi connectivity index (χ2n) is 22.6. The van der Waals surface area contributed by atoms with Crippen LogP contribution in [0.5, 0.6) is 0 Å². The quantitative estimate of drug-likeness (QED) is 0.0619. The molecule has 9 aromatic rings. The van der Waals surface area contributed by atoms with E-state index in [9.17, 15) is 5.26 Å². The Morgan fingerprint density at radius 3 is 1.51 bits per heavy atom. The number of pyridine rings is 1. The number of amides is 2. The summed E-state index contributed by atoms with van der Waals surface area (Å²) in [5.41, 5.74) is 9.38. The number of allylic oxidation sites excluding steroid dienone is 6. The first kappa shape index (κ1) is 63.2. The fourth-order valence-corrected chi connectivity index (χ4v) is 12.0. The van der Waals surface area contributed by atoms with Gasteiger partial charge >= 0.3 is 40.8 Å². The molecule has 2 N–H and O–H groups in total. The molecule has 3 aliphatic rings. The Balaban J connectivity index is 0.00000445. The molecule has 2 aliphatic heterocycles. The third kappa shape index (κ3) is 12.9. The van der Waals surface area contributed by atoms with E-state index in [2.05, 4.69) is 13.0 Å². The molecule has 12 rings (SSSR count). The van der Waals surface area contributed by atoms with Crippen molar-refractivity contribution in [3.8, 4) is 6.07 Å². The van der Waals surface area contributed by atoms with Gasteiger partial charge in [0.05, 0.1) is 29.0 Å². The van der Waals surface area contributed by atoms with E-state index in [1.165, 1.54) is 35.3 Å². The summed E-state index contributed by atoms with van der Waals surface area (Å²) in [6, 6.07) is 61.3. The van der Waals surface area contributed by atoms with E-state index in [1.807, 2.05) is 158 Å². The number of likely N-dealkylation sites (tertiary alicyclic amines) is 1. The van der Waals surface area contributed by atoms with Crippen LogP contribution in [0.2, 0.25) is 0 Å². The molecular formula is C76H59FN6O5Pd2+4. The predicted molar refractivity (Wildman–Crippen MR) is 346 cm³/mol. The summed E-state index contributed by atoms with van der Waals surface area (Å²) < 4.78 is 17.3. The summed E-state index contributed by atoms with van der Waals surface area (Å²) >= 11 is 0. The normalized spacial score (nSPS) is 16.2. The van der Waals surface area contributed by atoms with Crippen LogP contribution in [0.25, 0.3) is 64.3 Å². The van der Waals surface area contributed by atoms with Gasteiger partial charge in [-0.1, -0.05) is 213 Å². The topological polar surface area (TPSA) is 159 Å². The molecule has 0 radical (unpaired) electrons. The van der Waals surface area contributed by atoms with Crippen molar-refractivity contribution in [2.75, 3.05) is 18.8 Å². The molecule has 1 saturated heterocycles. The average molecular weight is 1370 g/mol. The zero-order valence-electron chi connectivity index (χ0n) is 48.9. The molecule has 2 fully saturated rings. The second-order valence-corrected chi connectivity index (χ2v) is 22.6. The molecule has 4 heterocycles. The molecular weight excluding hydrogens is 1310 g/mol. The Morgan fingerprint density at radius 1 is 0.600 bits per heavy atom. The van der Waals surface area contributed by atoms with Gasteiger partial charge in [0.2, 0.25) is 5.78 Å². The van der Waals surface area contributed by atoms with E-state index in [0.29, 0.717) is 39.9 Å². The van der Waals surface area contributed by atoms with Gasteiger partial charge in [-0.3, -0.25) is 24.0 Å². The Labute approximate surface area is 549 Å². The van der Waals surface area contributed by atoms with Crippen molar-refractivity contribution < 1.29 is 69.2 Å². The molecule has 2 aromatic heterocycles. The molecule has 0 unspecified atom stereocenters. The van der Waals surface area contributed by atoms with E-state index in [-0.39, 0.29) is 127 Å². The number of nitrogens with zero attached hydrogens (tertiary/aromatic N) is 5. The fourth-order valence-electron chi connectivity index (χ4n) is 12.0. The molecule has 1 saturated carbocycles. The summed E-state index contributed by atoms with van der Waals surface area (Å²) in [6.07, 6.45) is 16.1. The first-order valence-corrected chi connectivity index (χ1v) is 29.1. The fraction of sp³-hybridized carbons (Fsp3) is 0.118. The number of anilines is 1. The number of halogens is 1. The van der Waals surface area contributed by atoms with Gasteiger partial charge in [-0.2, -0.15) is 5.26 Å². The van der Waals surface area contributed by atoms with Crippen molar-refractivity contribution in [1.82, 2.24) is 19.4 Å². The number of fused-ring (bicyclic) bond motifs is 3. The van der Waals surface area contributed by atoms with E-state index in [1.54, 1.807) is 70.2 Å². The van der Waals surface area contributed by atoms with Gasteiger partial charge in [-0.05, 0) is 100 Å².